The molecule has 1 N–H and O–H groups in total. The summed E-state index contributed by atoms with van der Waals surface area (Å²) < 4.78 is 6.41. The fourth-order valence-corrected chi connectivity index (χ4v) is 2.12. The molecular weight excluding hydrogens is 318 g/mol. The van der Waals surface area contributed by atoms with E-state index in [1.54, 1.807) is 6.26 Å². The van der Waals surface area contributed by atoms with Gasteiger partial charge in [-0.2, -0.15) is 0 Å². The van der Waals surface area contributed by atoms with Gasteiger partial charge >= 0.3 is 0 Å². The summed E-state index contributed by atoms with van der Waals surface area (Å²) in [4.78, 5) is 9.24. The Kier molecular flexibility index (Phi) is 4.48. The number of hydrogen-bond donors (Lipinski definition) is 1. The second-order valence-corrected chi connectivity index (χ2v) is 6.59. The van der Waals surface area contributed by atoms with E-state index in [9.17, 15) is 0 Å². The lowest BCUT2D eigenvalue weighted by molar-refractivity contribution is 0.541. The van der Waals surface area contributed by atoms with Crippen molar-refractivity contribution in [1.82, 2.24) is 9.97 Å². The third-order valence-electron chi connectivity index (χ3n) is 2.80. The predicted octanol–water partition coefficient (Wildman–Crippen LogP) is 4.62. The zero-order valence-corrected chi connectivity index (χ0v) is 13.9. The minimum atomic E-state index is -0.113. The van der Waals surface area contributed by atoms with Crippen molar-refractivity contribution in [3.8, 4) is 11.5 Å². The molecule has 0 amide bonds. The summed E-state index contributed by atoms with van der Waals surface area (Å²) in [5.41, 5.74) is 0.679. The van der Waals surface area contributed by atoms with E-state index in [4.69, 9.17) is 4.42 Å². The molecule has 0 aliphatic rings. The van der Waals surface area contributed by atoms with Crippen molar-refractivity contribution in [3.63, 3.8) is 0 Å². The summed E-state index contributed by atoms with van der Waals surface area (Å²) in [6.45, 7) is 9.33. The molecule has 0 aromatic carbocycles. The van der Waals surface area contributed by atoms with Gasteiger partial charge in [0.2, 0.25) is 0 Å². The molecule has 0 saturated heterocycles. The van der Waals surface area contributed by atoms with Crippen LogP contribution in [0.5, 0.6) is 0 Å². The summed E-state index contributed by atoms with van der Waals surface area (Å²) in [5, 5.41) is 3.32. The number of rotatable bonds is 4. The van der Waals surface area contributed by atoms with Crippen LogP contribution in [0.4, 0.5) is 5.82 Å². The van der Waals surface area contributed by atoms with Crippen LogP contribution in [0.2, 0.25) is 0 Å². The van der Waals surface area contributed by atoms with Crippen molar-refractivity contribution in [2.45, 2.75) is 39.5 Å². The summed E-state index contributed by atoms with van der Waals surface area (Å²) in [6.07, 6.45) is 2.70. The van der Waals surface area contributed by atoms with Gasteiger partial charge < -0.3 is 9.73 Å². The van der Waals surface area contributed by atoms with E-state index in [0.717, 1.165) is 40.5 Å². The highest BCUT2D eigenvalue weighted by Gasteiger charge is 2.21. The van der Waals surface area contributed by atoms with Crippen LogP contribution in [0.1, 0.15) is 39.9 Å². The highest BCUT2D eigenvalue weighted by molar-refractivity contribution is 9.10. The molecule has 2 aromatic rings. The number of nitrogens with one attached hydrogen (secondary N) is 1. The number of halogens is 1. The smallest absolute Gasteiger partial charge is 0.166 e. The molecule has 0 saturated carbocycles. The van der Waals surface area contributed by atoms with E-state index in [0.29, 0.717) is 0 Å². The van der Waals surface area contributed by atoms with Crippen molar-refractivity contribution < 1.29 is 4.42 Å². The van der Waals surface area contributed by atoms with E-state index >= 15 is 0 Å². The Morgan fingerprint density at radius 1 is 1.30 bits per heavy atom. The van der Waals surface area contributed by atoms with Gasteiger partial charge in [-0.1, -0.05) is 27.7 Å². The van der Waals surface area contributed by atoms with Gasteiger partial charge in [0.1, 0.15) is 17.3 Å². The zero-order chi connectivity index (χ0) is 14.8. The second-order valence-electron chi connectivity index (χ2n) is 5.74. The molecule has 0 atom stereocenters. The maximum Gasteiger partial charge on any atom is 0.166 e. The topological polar surface area (TPSA) is 51.0 Å². The lowest BCUT2D eigenvalue weighted by atomic mass is 9.95. The number of hydrogen-bond acceptors (Lipinski definition) is 4. The SMILES string of the molecule is CCCNc1cc(-c2occc2Br)nc(C(C)(C)C)n1. The molecule has 0 aliphatic heterocycles. The normalized spacial score (nSPS) is 11.7. The number of aromatic nitrogens is 2. The van der Waals surface area contributed by atoms with Crippen LogP contribution in [-0.4, -0.2) is 16.5 Å². The molecule has 4 nitrogen and oxygen atoms in total. The monoisotopic (exact) mass is 337 g/mol. The number of nitrogens with zero attached hydrogens (tertiary/aromatic N) is 2. The number of furan rings is 1. The molecule has 20 heavy (non-hydrogen) atoms. The van der Waals surface area contributed by atoms with E-state index < -0.39 is 0 Å². The molecule has 2 rings (SSSR count). The van der Waals surface area contributed by atoms with Gasteiger partial charge in [0.05, 0.1) is 10.7 Å². The van der Waals surface area contributed by atoms with Gasteiger partial charge in [-0.3, -0.25) is 0 Å². The Morgan fingerprint density at radius 2 is 2.05 bits per heavy atom. The van der Waals surface area contributed by atoms with Crippen LogP contribution in [0.15, 0.2) is 27.3 Å². The maximum atomic E-state index is 5.51. The predicted molar refractivity (Wildman–Crippen MR) is 84.9 cm³/mol. The van der Waals surface area contributed by atoms with Gasteiger partial charge in [0.15, 0.2) is 5.76 Å². The van der Waals surface area contributed by atoms with Gasteiger partial charge in [0, 0.05) is 18.0 Å². The van der Waals surface area contributed by atoms with E-state index in [-0.39, 0.29) is 5.41 Å². The van der Waals surface area contributed by atoms with Crippen molar-refractivity contribution in [2.24, 2.45) is 0 Å². The van der Waals surface area contributed by atoms with E-state index in [1.807, 2.05) is 12.1 Å². The van der Waals surface area contributed by atoms with Crippen LogP contribution >= 0.6 is 15.9 Å². The second kappa shape index (κ2) is 5.95. The van der Waals surface area contributed by atoms with E-state index in [2.05, 4.69) is 58.9 Å². The molecule has 0 unspecified atom stereocenters. The largest absolute Gasteiger partial charge is 0.461 e. The van der Waals surface area contributed by atoms with Gasteiger partial charge in [0.25, 0.3) is 0 Å². The summed E-state index contributed by atoms with van der Waals surface area (Å²) in [6, 6.07) is 3.79. The minimum Gasteiger partial charge on any atom is -0.461 e. The lowest BCUT2D eigenvalue weighted by Gasteiger charge is -2.18. The standard InChI is InChI=1S/C15H20BrN3O/c1-5-7-17-12-9-11(13-10(16)6-8-20-13)18-14(19-12)15(2,3)4/h6,8-9H,5,7H2,1-4H3,(H,17,18,19). The van der Waals surface area contributed by atoms with E-state index in [1.165, 1.54) is 0 Å². The lowest BCUT2D eigenvalue weighted by Crippen LogP contribution is -2.18. The molecule has 108 valence electrons. The summed E-state index contributed by atoms with van der Waals surface area (Å²) in [5.74, 6) is 2.37. The summed E-state index contributed by atoms with van der Waals surface area (Å²) >= 11 is 3.48. The third-order valence-corrected chi connectivity index (χ3v) is 3.43. The van der Waals surface area contributed by atoms with Crippen LogP contribution in [0, 0.1) is 0 Å². The molecule has 2 heterocycles. The van der Waals surface area contributed by atoms with Crippen molar-refractivity contribution in [3.05, 3.63) is 28.7 Å². The minimum absolute atomic E-state index is 0.113. The fourth-order valence-electron chi connectivity index (χ4n) is 1.72. The first-order chi connectivity index (χ1) is 9.41. The highest BCUT2D eigenvalue weighted by atomic mass is 79.9. The van der Waals surface area contributed by atoms with Crippen LogP contribution in [0.25, 0.3) is 11.5 Å². The fraction of sp³-hybridized carbons (Fsp3) is 0.467. The zero-order valence-electron chi connectivity index (χ0n) is 12.3. The van der Waals surface area contributed by atoms with Crippen LogP contribution in [-0.2, 0) is 5.41 Å². The van der Waals surface area contributed by atoms with Crippen LogP contribution < -0.4 is 5.32 Å². The Hall–Kier alpha value is -1.36. The molecular formula is C15H20BrN3O. The van der Waals surface area contributed by atoms with Crippen LogP contribution in [0.3, 0.4) is 0 Å². The molecule has 2 aromatic heterocycles. The first-order valence-electron chi connectivity index (χ1n) is 6.78. The Labute approximate surface area is 128 Å². The average Bonchev–Trinajstić information content (AvgIpc) is 2.81. The Bertz CT molecular complexity index is 587. The van der Waals surface area contributed by atoms with Crippen molar-refractivity contribution >= 4 is 21.7 Å². The van der Waals surface area contributed by atoms with Gasteiger partial charge in [-0.25, -0.2) is 9.97 Å². The van der Waals surface area contributed by atoms with Gasteiger partial charge in [-0.15, -0.1) is 0 Å². The highest BCUT2D eigenvalue weighted by Crippen LogP contribution is 2.31. The molecule has 0 aliphatic carbocycles. The van der Waals surface area contributed by atoms with Gasteiger partial charge in [-0.05, 0) is 28.4 Å². The first-order valence-corrected chi connectivity index (χ1v) is 7.58. The maximum absolute atomic E-state index is 5.51. The first kappa shape index (κ1) is 15.0. The quantitative estimate of drug-likeness (QED) is 0.884. The summed E-state index contributed by atoms with van der Waals surface area (Å²) in [7, 11) is 0. The third kappa shape index (κ3) is 3.39. The van der Waals surface area contributed by atoms with Crippen molar-refractivity contribution in [2.75, 3.05) is 11.9 Å². The molecule has 0 bridgehead atoms. The molecule has 0 radical (unpaired) electrons. The molecule has 5 heteroatoms. The molecule has 0 spiro atoms. The molecule has 0 fully saturated rings. The Balaban J connectivity index is 2.48. The Morgan fingerprint density at radius 3 is 2.60 bits per heavy atom. The average molecular weight is 338 g/mol. The number of anilines is 1. The van der Waals surface area contributed by atoms with Crippen molar-refractivity contribution in [1.29, 1.82) is 0 Å².